The maximum Gasteiger partial charge on any atom is 0.161 e. The quantitative estimate of drug-likeness (QED) is 0.860. The van der Waals surface area contributed by atoms with Gasteiger partial charge in [0.2, 0.25) is 0 Å². The van der Waals surface area contributed by atoms with E-state index in [4.69, 9.17) is 4.74 Å². The fourth-order valence-electron chi connectivity index (χ4n) is 0.977. The van der Waals surface area contributed by atoms with Crippen LogP contribution in [0.2, 0.25) is 0 Å². The molecule has 0 aliphatic heterocycles. The van der Waals surface area contributed by atoms with Crippen LogP contribution in [0.5, 0.6) is 5.75 Å². The van der Waals surface area contributed by atoms with Crippen LogP contribution in [0.25, 0.3) is 6.08 Å². The summed E-state index contributed by atoms with van der Waals surface area (Å²) >= 11 is 3.29. The average Bonchev–Trinajstić information content (AvgIpc) is 2.15. The van der Waals surface area contributed by atoms with Crippen LogP contribution >= 0.6 is 15.9 Å². The Morgan fingerprint density at radius 1 is 1.43 bits per heavy atom. The Morgan fingerprint density at radius 3 is 2.71 bits per heavy atom. The third-order valence-corrected chi connectivity index (χ3v) is 2.45. The van der Waals surface area contributed by atoms with E-state index >= 15 is 0 Å². The molecule has 0 saturated heterocycles. The van der Waals surface area contributed by atoms with Crippen molar-refractivity contribution in [2.24, 2.45) is 0 Å². The topological polar surface area (TPSA) is 43.4 Å². The van der Waals surface area contributed by atoms with Gasteiger partial charge in [-0.05, 0) is 24.3 Å². The lowest BCUT2D eigenvalue weighted by Gasteiger charge is -2.03. The summed E-state index contributed by atoms with van der Waals surface area (Å²) in [6.07, 6.45) is 1.50. The van der Waals surface area contributed by atoms with Gasteiger partial charge in [0.1, 0.15) is 5.75 Å². The van der Waals surface area contributed by atoms with Gasteiger partial charge in [-0.25, -0.2) is 8.42 Å². The van der Waals surface area contributed by atoms with Crippen LogP contribution in [0, 0.1) is 0 Å². The fourth-order valence-corrected chi connectivity index (χ4v) is 1.64. The summed E-state index contributed by atoms with van der Waals surface area (Å²) in [5.41, 5.74) is 0.723. The normalized spacial score (nSPS) is 11.1. The molecule has 3 nitrogen and oxygen atoms in total. The van der Waals surface area contributed by atoms with E-state index in [9.17, 15) is 8.42 Å². The molecule has 0 N–H and O–H groups in total. The molecule has 0 heterocycles. The lowest BCUT2D eigenvalue weighted by Crippen LogP contribution is -1.86. The van der Waals surface area contributed by atoms with Crippen molar-refractivity contribution < 1.29 is 13.2 Å². The molecule has 0 atom stereocenters. The molecule has 0 radical (unpaired) electrons. The van der Waals surface area contributed by atoms with Crippen LogP contribution in [-0.4, -0.2) is 15.5 Å². The van der Waals surface area contributed by atoms with Gasteiger partial charge in [0, 0.05) is 15.4 Å². The van der Waals surface area contributed by atoms with Crippen LogP contribution in [-0.2, 0) is 10.7 Å². The van der Waals surface area contributed by atoms with E-state index in [1.54, 1.807) is 12.1 Å². The molecule has 0 saturated carbocycles. The highest BCUT2D eigenvalue weighted by molar-refractivity contribution is 9.10. The fraction of sp³-hybridized carbons (Fsp3) is 0.111. The highest BCUT2D eigenvalue weighted by Gasteiger charge is 1.99. The van der Waals surface area contributed by atoms with Crippen LogP contribution < -0.4 is 4.74 Å². The lowest BCUT2D eigenvalue weighted by molar-refractivity contribution is 0.414. The van der Waals surface area contributed by atoms with Crippen LogP contribution in [0.1, 0.15) is 5.56 Å². The predicted octanol–water partition coefficient (Wildman–Crippen LogP) is 2.04. The molecule has 0 amide bonds. The Morgan fingerprint density at radius 2 is 2.14 bits per heavy atom. The Balaban J connectivity index is 3.10. The van der Waals surface area contributed by atoms with E-state index in [2.05, 4.69) is 15.9 Å². The van der Waals surface area contributed by atoms with Crippen molar-refractivity contribution in [2.75, 3.05) is 7.11 Å². The number of methoxy groups -OCH3 is 1. The number of hydrogen-bond donors (Lipinski definition) is 1. The van der Waals surface area contributed by atoms with Gasteiger partial charge in [0.05, 0.1) is 7.11 Å². The summed E-state index contributed by atoms with van der Waals surface area (Å²) in [5, 5.41) is 1.11. The van der Waals surface area contributed by atoms with Gasteiger partial charge in [-0.2, -0.15) is 0 Å². The maximum atomic E-state index is 10.4. The van der Waals surface area contributed by atoms with E-state index in [0.29, 0.717) is 5.75 Å². The molecule has 1 aromatic carbocycles. The first-order valence-corrected chi connectivity index (χ1v) is 5.82. The summed E-state index contributed by atoms with van der Waals surface area (Å²) in [6, 6.07) is 5.38. The minimum Gasteiger partial charge on any atom is -0.496 e. The van der Waals surface area contributed by atoms with E-state index in [1.807, 2.05) is 6.07 Å². The molecule has 0 spiro atoms. The predicted molar refractivity (Wildman–Crippen MR) is 60.0 cm³/mol. The van der Waals surface area contributed by atoms with Crippen molar-refractivity contribution in [3.05, 3.63) is 33.6 Å². The molecule has 0 bridgehead atoms. The lowest BCUT2D eigenvalue weighted by atomic mass is 10.2. The van der Waals surface area contributed by atoms with Gasteiger partial charge in [-0.1, -0.05) is 15.9 Å². The van der Waals surface area contributed by atoms with Crippen molar-refractivity contribution in [1.29, 1.82) is 0 Å². The summed E-state index contributed by atoms with van der Waals surface area (Å²) in [7, 11) is -0.963. The van der Waals surface area contributed by atoms with E-state index in [1.165, 1.54) is 13.2 Å². The number of ether oxygens (including phenoxy) is 1. The van der Waals surface area contributed by atoms with Crippen molar-refractivity contribution in [1.82, 2.24) is 0 Å². The standard InChI is InChI=1S/C9H9BrO3S/c1-13-9-3-2-8(10)6-7(9)4-5-14(11)12/h2-6,14H,1H3. The van der Waals surface area contributed by atoms with Gasteiger partial charge < -0.3 is 4.74 Å². The molecule has 1 aromatic rings. The number of hydrogen-bond acceptors (Lipinski definition) is 3. The summed E-state index contributed by atoms with van der Waals surface area (Å²) in [5.74, 6) is 0.640. The van der Waals surface area contributed by atoms with E-state index in [0.717, 1.165) is 15.4 Å². The first-order chi connectivity index (χ1) is 6.63. The summed E-state index contributed by atoms with van der Waals surface area (Å²) in [4.78, 5) is 0. The first-order valence-electron chi connectivity index (χ1n) is 3.78. The zero-order chi connectivity index (χ0) is 10.6. The number of benzene rings is 1. The van der Waals surface area contributed by atoms with Crippen LogP contribution in [0.4, 0.5) is 0 Å². The summed E-state index contributed by atoms with van der Waals surface area (Å²) < 4.78 is 26.6. The van der Waals surface area contributed by atoms with Crippen molar-refractivity contribution in [3.8, 4) is 5.75 Å². The monoisotopic (exact) mass is 276 g/mol. The molecule has 5 heteroatoms. The maximum absolute atomic E-state index is 10.4. The molecule has 0 fully saturated rings. The second-order valence-electron chi connectivity index (χ2n) is 2.49. The van der Waals surface area contributed by atoms with Gasteiger partial charge in [0.15, 0.2) is 10.7 Å². The first kappa shape index (κ1) is 11.3. The SMILES string of the molecule is COc1ccc(Br)cc1C=C[SH](=O)=O. The molecule has 14 heavy (non-hydrogen) atoms. The van der Waals surface area contributed by atoms with Crippen molar-refractivity contribution >= 4 is 32.7 Å². The molecular weight excluding hydrogens is 268 g/mol. The Bertz CT molecular complexity index is 416. The van der Waals surface area contributed by atoms with Crippen molar-refractivity contribution in [3.63, 3.8) is 0 Å². The largest absolute Gasteiger partial charge is 0.496 e. The molecular formula is C9H9BrO3S. The third kappa shape index (κ3) is 3.16. The van der Waals surface area contributed by atoms with Crippen LogP contribution in [0.3, 0.4) is 0 Å². The van der Waals surface area contributed by atoms with Gasteiger partial charge >= 0.3 is 0 Å². The summed E-state index contributed by atoms with van der Waals surface area (Å²) in [6.45, 7) is 0. The molecule has 0 unspecified atom stereocenters. The highest BCUT2D eigenvalue weighted by atomic mass is 79.9. The van der Waals surface area contributed by atoms with Gasteiger partial charge in [-0.15, -0.1) is 0 Å². The highest BCUT2D eigenvalue weighted by Crippen LogP contribution is 2.23. The Hall–Kier alpha value is -0.810. The number of halogens is 1. The Kier molecular flexibility index (Phi) is 4.16. The van der Waals surface area contributed by atoms with Gasteiger partial charge in [0.25, 0.3) is 0 Å². The Labute approximate surface area is 92.5 Å². The second kappa shape index (κ2) is 5.17. The molecule has 1 rings (SSSR count). The molecule has 0 aliphatic rings. The second-order valence-corrected chi connectivity index (χ2v) is 4.27. The third-order valence-electron chi connectivity index (χ3n) is 1.57. The zero-order valence-electron chi connectivity index (χ0n) is 7.44. The molecule has 0 aliphatic carbocycles. The minimum absolute atomic E-state index is 0.640. The van der Waals surface area contributed by atoms with Crippen LogP contribution in [0.15, 0.2) is 28.1 Å². The number of rotatable bonds is 3. The minimum atomic E-state index is -2.50. The zero-order valence-corrected chi connectivity index (χ0v) is 9.92. The van der Waals surface area contributed by atoms with Crippen molar-refractivity contribution in [2.45, 2.75) is 0 Å². The van der Waals surface area contributed by atoms with E-state index < -0.39 is 10.7 Å². The van der Waals surface area contributed by atoms with E-state index in [-0.39, 0.29) is 0 Å². The van der Waals surface area contributed by atoms with Gasteiger partial charge in [-0.3, -0.25) is 0 Å². The average molecular weight is 277 g/mol. The molecule has 0 aromatic heterocycles. The number of thiol groups is 1. The molecule has 76 valence electrons. The smallest absolute Gasteiger partial charge is 0.161 e.